The molecule has 1 aromatic carbocycles. The van der Waals surface area contributed by atoms with Gasteiger partial charge in [0.2, 0.25) is 5.88 Å². The molecule has 0 spiro atoms. The van der Waals surface area contributed by atoms with Crippen LogP contribution in [0.15, 0.2) is 36.5 Å². The molecular formula is C12H7ClN2O5. The average molecular weight is 295 g/mol. The van der Waals surface area contributed by atoms with Gasteiger partial charge in [-0.3, -0.25) is 10.1 Å². The van der Waals surface area contributed by atoms with Crippen molar-refractivity contribution in [1.29, 1.82) is 0 Å². The Morgan fingerprint density at radius 2 is 2.10 bits per heavy atom. The molecule has 0 radical (unpaired) electrons. The number of aromatic nitrogens is 1. The number of para-hydroxylation sites is 1. The predicted octanol–water partition coefficient (Wildman–Crippen LogP) is 3.13. The van der Waals surface area contributed by atoms with E-state index in [0.29, 0.717) is 0 Å². The number of carbonyl (C=O) groups is 1. The van der Waals surface area contributed by atoms with Crippen LogP contribution in [-0.2, 0) is 0 Å². The molecule has 102 valence electrons. The number of pyridine rings is 1. The Bertz CT molecular complexity index is 689. The SMILES string of the molecule is O=C(O)c1cc([N+](=O)[O-])cnc1Oc1ccccc1Cl. The molecule has 0 bridgehead atoms. The van der Waals surface area contributed by atoms with Gasteiger partial charge in [-0.25, -0.2) is 9.78 Å². The van der Waals surface area contributed by atoms with Gasteiger partial charge < -0.3 is 9.84 Å². The fraction of sp³-hybridized carbons (Fsp3) is 0. The van der Waals surface area contributed by atoms with Crippen molar-refractivity contribution < 1.29 is 19.6 Å². The molecule has 1 N–H and O–H groups in total. The first-order valence-corrected chi connectivity index (χ1v) is 5.67. The largest absolute Gasteiger partial charge is 0.477 e. The molecule has 2 aromatic rings. The molecule has 1 heterocycles. The topological polar surface area (TPSA) is 103 Å². The van der Waals surface area contributed by atoms with Gasteiger partial charge >= 0.3 is 5.97 Å². The van der Waals surface area contributed by atoms with Gasteiger partial charge in [0.15, 0.2) is 0 Å². The zero-order valence-electron chi connectivity index (χ0n) is 9.82. The number of benzene rings is 1. The number of nitro groups is 1. The highest BCUT2D eigenvalue weighted by atomic mass is 35.5. The summed E-state index contributed by atoms with van der Waals surface area (Å²) in [5.41, 5.74) is -0.854. The third-order valence-corrected chi connectivity index (χ3v) is 2.63. The second-order valence-electron chi connectivity index (χ2n) is 3.64. The number of aromatic carboxylic acids is 1. The number of carboxylic acid groups (broad SMARTS) is 1. The van der Waals surface area contributed by atoms with Crippen LogP contribution in [0, 0.1) is 10.1 Å². The lowest BCUT2D eigenvalue weighted by atomic mass is 10.2. The van der Waals surface area contributed by atoms with Crippen molar-refractivity contribution in [3.05, 3.63) is 57.2 Å². The third-order valence-electron chi connectivity index (χ3n) is 2.32. The van der Waals surface area contributed by atoms with Crippen LogP contribution in [0.4, 0.5) is 5.69 Å². The van der Waals surface area contributed by atoms with Crippen LogP contribution in [0.2, 0.25) is 5.02 Å². The molecule has 0 atom stereocenters. The number of ether oxygens (including phenoxy) is 1. The Hall–Kier alpha value is -2.67. The maximum absolute atomic E-state index is 11.1. The summed E-state index contributed by atoms with van der Waals surface area (Å²) in [6.07, 6.45) is 0.915. The number of rotatable bonds is 4. The summed E-state index contributed by atoms with van der Waals surface area (Å²) < 4.78 is 5.29. The molecule has 20 heavy (non-hydrogen) atoms. The van der Waals surface area contributed by atoms with Crippen LogP contribution in [0.3, 0.4) is 0 Å². The lowest BCUT2D eigenvalue weighted by Crippen LogP contribution is -2.03. The van der Waals surface area contributed by atoms with E-state index in [2.05, 4.69) is 4.98 Å². The lowest BCUT2D eigenvalue weighted by Gasteiger charge is -2.08. The van der Waals surface area contributed by atoms with Gasteiger partial charge in [-0.2, -0.15) is 0 Å². The third kappa shape index (κ3) is 2.83. The number of hydrogen-bond donors (Lipinski definition) is 1. The number of hydrogen-bond acceptors (Lipinski definition) is 5. The minimum absolute atomic E-state index is 0.206. The van der Waals surface area contributed by atoms with E-state index in [9.17, 15) is 14.9 Å². The van der Waals surface area contributed by atoms with E-state index < -0.39 is 22.1 Å². The maximum atomic E-state index is 11.1. The first-order valence-electron chi connectivity index (χ1n) is 5.29. The summed E-state index contributed by atoms with van der Waals surface area (Å²) in [6.45, 7) is 0. The van der Waals surface area contributed by atoms with Gasteiger partial charge in [-0.05, 0) is 12.1 Å². The monoisotopic (exact) mass is 294 g/mol. The van der Waals surface area contributed by atoms with E-state index in [0.717, 1.165) is 12.3 Å². The van der Waals surface area contributed by atoms with Gasteiger partial charge in [0.25, 0.3) is 5.69 Å². The van der Waals surface area contributed by atoms with Crippen LogP contribution < -0.4 is 4.74 Å². The van der Waals surface area contributed by atoms with Crippen molar-refractivity contribution in [3.63, 3.8) is 0 Å². The molecule has 8 heteroatoms. The van der Waals surface area contributed by atoms with Crippen molar-refractivity contribution in [2.75, 3.05) is 0 Å². The average Bonchev–Trinajstić information content (AvgIpc) is 2.41. The fourth-order valence-corrected chi connectivity index (χ4v) is 1.58. The Morgan fingerprint density at radius 1 is 1.40 bits per heavy atom. The Morgan fingerprint density at radius 3 is 2.70 bits per heavy atom. The van der Waals surface area contributed by atoms with Crippen molar-refractivity contribution in [2.24, 2.45) is 0 Å². The molecule has 0 aliphatic carbocycles. The highest BCUT2D eigenvalue weighted by Crippen LogP contribution is 2.30. The standard InChI is InChI=1S/C12H7ClN2O5/c13-9-3-1-2-4-10(9)20-11-8(12(16)17)5-7(6-14-11)15(18)19/h1-6H,(H,16,17). The van der Waals surface area contributed by atoms with Crippen molar-refractivity contribution in [1.82, 2.24) is 4.98 Å². The lowest BCUT2D eigenvalue weighted by molar-refractivity contribution is -0.385. The number of halogens is 1. The number of carboxylic acids is 1. The van der Waals surface area contributed by atoms with Crippen LogP contribution in [0.1, 0.15) is 10.4 Å². The van der Waals surface area contributed by atoms with Crippen molar-refractivity contribution >= 4 is 23.3 Å². The van der Waals surface area contributed by atoms with Crippen LogP contribution in [0.25, 0.3) is 0 Å². The fourth-order valence-electron chi connectivity index (χ4n) is 1.41. The quantitative estimate of drug-likeness (QED) is 0.686. The molecule has 0 aliphatic heterocycles. The summed E-state index contributed by atoms with van der Waals surface area (Å²) in [4.78, 5) is 24.6. The van der Waals surface area contributed by atoms with Gasteiger partial charge in [-0.15, -0.1) is 0 Å². The molecule has 0 saturated carbocycles. The highest BCUT2D eigenvalue weighted by molar-refractivity contribution is 6.32. The molecular weight excluding hydrogens is 288 g/mol. The molecule has 1 aromatic heterocycles. The molecule has 7 nitrogen and oxygen atoms in total. The summed E-state index contributed by atoms with van der Waals surface area (Å²) in [7, 11) is 0. The second-order valence-corrected chi connectivity index (χ2v) is 4.05. The summed E-state index contributed by atoms with van der Waals surface area (Å²) in [5.74, 6) is -1.45. The number of nitrogens with zero attached hydrogens (tertiary/aromatic N) is 2. The molecule has 0 saturated heterocycles. The van der Waals surface area contributed by atoms with Crippen LogP contribution in [0.5, 0.6) is 11.6 Å². The minimum Gasteiger partial charge on any atom is -0.477 e. The Balaban J connectivity index is 2.44. The van der Waals surface area contributed by atoms with Gasteiger partial charge in [0.05, 0.1) is 9.95 Å². The normalized spacial score (nSPS) is 10.1. The minimum atomic E-state index is -1.39. The van der Waals surface area contributed by atoms with Crippen molar-refractivity contribution in [2.45, 2.75) is 0 Å². The van der Waals surface area contributed by atoms with E-state index in [1.165, 1.54) is 6.07 Å². The first-order chi connectivity index (χ1) is 9.49. The van der Waals surface area contributed by atoms with Crippen LogP contribution in [-0.4, -0.2) is 21.0 Å². The molecule has 2 rings (SSSR count). The van der Waals surface area contributed by atoms with E-state index in [4.69, 9.17) is 21.4 Å². The zero-order chi connectivity index (χ0) is 14.7. The first kappa shape index (κ1) is 13.8. The van der Waals surface area contributed by atoms with Gasteiger partial charge in [0, 0.05) is 6.07 Å². The Labute approximate surface area is 117 Å². The van der Waals surface area contributed by atoms with Gasteiger partial charge in [0.1, 0.15) is 17.5 Å². The van der Waals surface area contributed by atoms with E-state index in [-0.39, 0.29) is 16.7 Å². The van der Waals surface area contributed by atoms with Crippen molar-refractivity contribution in [3.8, 4) is 11.6 Å². The van der Waals surface area contributed by atoms with E-state index >= 15 is 0 Å². The Kier molecular flexibility index (Phi) is 3.81. The van der Waals surface area contributed by atoms with Gasteiger partial charge in [-0.1, -0.05) is 23.7 Å². The summed E-state index contributed by atoms with van der Waals surface area (Å²) in [6, 6.07) is 7.28. The summed E-state index contributed by atoms with van der Waals surface area (Å²) in [5, 5.41) is 19.9. The van der Waals surface area contributed by atoms with E-state index in [1.807, 2.05) is 0 Å². The zero-order valence-corrected chi connectivity index (χ0v) is 10.6. The van der Waals surface area contributed by atoms with E-state index in [1.54, 1.807) is 18.2 Å². The molecule has 0 aliphatic rings. The predicted molar refractivity (Wildman–Crippen MR) is 69.4 cm³/mol. The molecule has 0 amide bonds. The molecule has 0 unspecified atom stereocenters. The molecule has 0 fully saturated rings. The highest BCUT2D eigenvalue weighted by Gasteiger charge is 2.19. The maximum Gasteiger partial charge on any atom is 0.341 e. The van der Waals surface area contributed by atoms with Crippen LogP contribution >= 0.6 is 11.6 Å². The smallest absolute Gasteiger partial charge is 0.341 e. The summed E-state index contributed by atoms with van der Waals surface area (Å²) >= 11 is 5.88. The second kappa shape index (κ2) is 5.54.